The molecule has 92 valence electrons. The van der Waals surface area contributed by atoms with Gasteiger partial charge in [-0.25, -0.2) is 0 Å². The van der Waals surface area contributed by atoms with Crippen LogP contribution in [0.4, 0.5) is 0 Å². The van der Waals surface area contributed by atoms with E-state index in [1.165, 1.54) is 18.2 Å². The first kappa shape index (κ1) is 15.0. The zero-order valence-corrected chi connectivity index (χ0v) is 10.1. The number of benzene rings is 1. The quantitative estimate of drug-likeness (QED) is 0.610. The molecule has 0 aliphatic rings. The smallest absolute Gasteiger partial charge is 0.120 e. The summed E-state index contributed by atoms with van der Waals surface area (Å²) in [5.74, 6) is -0.00375. The third-order valence-corrected chi connectivity index (χ3v) is 2.42. The molecule has 0 fully saturated rings. The molecule has 0 saturated carbocycles. The van der Waals surface area contributed by atoms with Crippen molar-refractivity contribution in [3.8, 4) is 11.5 Å². The number of phenolic OH excluding ortho intramolecular Hbond substituents is 2. The lowest BCUT2D eigenvalue weighted by atomic mass is 9.94. The highest BCUT2D eigenvalue weighted by Crippen LogP contribution is 2.30. The van der Waals surface area contributed by atoms with Gasteiger partial charge in [-0.3, -0.25) is 0 Å². The van der Waals surface area contributed by atoms with Crippen molar-refractivity contribution < 1.29 is 15.3 Å². The average molecular weight is 248 g/mol. The maximum atomic E-state index is 9.75. The molecule has 0 unspecified atom stereocenters. The molecular formula is C11H18ClNO3. The van der Waals surface area contributed by atoms with Gasteiger partial charge in [0.15, 0.2) is 0 Å². The highest BCUT2D eigenvalue weighted by atomic mass is 35.5. The highest BCUT2D eigenvalue weighted by molar-refractivity contribution is 5.85. The first-order valence-corrected chi connectivity index (χ1v) is 4.89. The van der Waals surface area contributed by atoms with Gasteiger partial charge in [-0.1, -0.05) is 13.8 Å². The van der Waals surface area contributed by atoms with Gasteiger partial charge in [0.05, 0.1) is 12.1 Å². The van der Waals surface area contributed by atoms with Gasteiger partial charge in [0.25, 0.3) is 0 Å². The Morgan fingerprint density at radius 2 is 1.75 bits per heavy atom. The number of hydrogen-bond acceptors (Lipinski definition) is 4. The van der Waals surface area contributed by atoms with Crippen LogP contribution in [-0.2, 0) is 0 Å². The summed E-state index contributed by atoms with van der Waals surface area (Å²) in [5, 5.41) is 28.5. The Morgan fingerprint density at radius 3 is 2.25 bits per heavy atom. The van der Waals surface area contributed by atoms with E-state index in [2.05, 4.69) is 0 Å². The standard InChI is InChI=1S/C11H17NO3.ClH/c1-6(2)11(15)10(12)8-5-7(13)3-4-9(8)14;/h3-6,10-11,13-15H,12H2,1-2H3;1H/t10-,11+;/m1./s1. The Bertz CT molecular complexity index is 344. The van der Waals surface area contributed by atoms with Gasteiger partial charge in [-0.2, -0.15) is 0 Å². The second-order valence-electron chi connectivity index (χ2n) is 4.00. The minimum atomic E-state index is -0.752. The fraction of sp³-hybridized carbons (Fsp3) is 0.455. The van der Waals surface area contributed by atoms with E-state index < -0.39 is 12.1 Å². The molecule has 5 N–H and O–H groups in total. The lowest BCUT2D eigenvalue weighted by molar-refractivity contribution is 0.0969. The third-order valence-electron chi connectivity index (χ3n) is 2.42. The molecule has 1 aromatic rings. The summed E-state index contributed by atoms with van der Waals surface area (Å²) >= 11 is 0. The van der Waals surface area contributed by atoms with Crippen molar-refractivity contribution in [3.63, 3.8) is 0 Å². The Kier molecular flexibility index (Phi) is 5.58. The third kappa shape index (κ3) is 3.27. The van der Waals surface area contributed by atoms with Crippen LogP contribution in [0.3, 0.4) is 0 Å². The number of aromatic hydroxyl groups is 2. The Balaban J connectivity index is 0.00000225. The average Bonchev–Trinajstić information content (AvgIpc) is 2.19. The summed E-state index contributed by atoms with van der Waals surface area (Å²) in [5.41, 5.74) is 6.15. The fourth-order valence-corrected chi connectivity index (χ4v) is 1.41. The van der Waals surface area contributed by atoms with E-state index in [4.69, 9.17) is 5.73 Å². The van der Waals surface area contributed by atoms with Crippen molar-refractivity contribution in [2.75, 3.05) is 0 Å². The predicted octanol–water partition coefficient (Wildman–Crippen LogP) is 1.54. The van der Waals surface area contributed by atoms with Gasteiger partial charge in [0, 0.05) is 5.56 Å². The zero-order chi connectivity index (χ0) is 11.6. The molecule has 4 nitrogen and oxygen atoms in total. The molecule has 0 aliphatic carbocycles. The summed E-state index contributed by atoms with van der Waals surface area (Å²) in [7, 11) is 0. The molecule has 1 aromatic carbocycles. The number of rotatable bonds is 3. The predicted molar refractivity (Wildman–Crippen MR) is 64.8 cm³/mol. The zero-order valence-electron chi connectivity index (χ0n) is 9.29. The molecule has 0 aliphatic heterocycles. The molecule has 5 heteroatoms. The first-order chi connectivity index (χ1) is 6.93. The normalized spacial score (nSPS) is 14.3. The van der Waals surface area contributed by atoms with E-state index in [1.54, 1.807) is 0 Å². The van der Waals surface area contributed by atoms with Crippen LogP contribution in [0.1, 0.15) is 25.5 Å². The molecule has 0 spiro atoms. The summed E-state index contributed by atoms with van der Waals surface area (Å²) in [6, 6.07) is 3.40. The van der Waals surface area contributed by atoms with E-state index in [-0.39, 0.29) is 29.8 Å². The molecule has 0 heterocycles. The minimum Gasteiger partial charge on any atom is -0.508 e. The van der Waals surface area contributed by atoms with E-state index in [0.29, 0.717) is 5.56 Å². The summed E-state index contributed by atoms with van der Waals surface area (Å²) in [6.45, 7) is 3.68. The van der Waals surface area contributed by atoms with Crippen LogP contribution >= 0.6 is 12.4 Å². The maximum Gasteiger partial charge on any atom is 0.120 e. The highest BCUT2D eigenvalue weighted by Gasteiger charge is 2.22. The monoisotopic (exact) mass is 247 g/mol. The lowest BCUT2D eigenvalue weighted by Crippen LogP contribution is -2.30. The first-order valence-electron chi connectivity index (χ1n) is 4.89. The van der Waals surface area contributed by atoms with Crippen molar-refractivity contribution in [3.05, 3.63) is 23.8 Å². The van der Waals surface area contributed by atoms with Crippen LogP contribution in [0.15, 0.2) is 18.2 Å². The number of hydrogen-bond donors (Lipinski definition) is 4. The largest absolute Gasteiger partial charge is 0.508 e. The van der Waals surface area contributed by atoms with Crippen molar-refractivity contribution in [1.29, 1.82) is 0 Å². The summed E-state index contributed by atoms with van der Waals surface area (Å²) in [4.78, 5) is 0. The van der Waals surface area contributed by atoms with Gasteiger partial charge < -0.3 is 21.1 Å². The molecule has 2 atom stereocenters. The second kappa shape index (κ2) is 5.94. The number of nitrogens with two attached hydrogens (primary N) is 1. The SMILES string of the molecule is CC(C)[C@H](O)[C@H](N)c1cc(O)ccc1O.Cl. The van der Waals surface area contributed by atoms with E-state index >= 15 is 0 Å². The molecule has 0 radical (unpaired) electrons. The topological polar surface area (TPSA) is 86.7 Å². The van der Waals surface area contributed by atoms with Crippen LogP contribution in [0.25, 0.3) is 0 Å². The number of phenols is 2. The van der Waals surface area contributed by atoms with Crippen molar-refractivity contribution in [2.24, 2.45) is 11.7 Å². The van der Waals surface area contributed by atoms with Gasteiger partial charge in [0.2, 0.25) is 0 Å². The molecule has 1 rings (SSSR count). The Hall–Kier alpha value is -0.970. The van der Waals surface area contributed by atoms with Gasteiger partial charge in [-0.15, -0.1) is 12.4 Å². The van der Waals surface area contributed by atoms with Crippen LogP contribution in [0, 0.1) is 5.92 Å². The van der Waals surface area contributed by atoms with Crippen LogP contribution in [-0.4, -0.2) is 21.4 Å². The number of aliphatic hydroxyl groups is 1. The minimum absolute atomic E-state index is 0. The molecule has 0 amide bonds. The van der Waals surface area contributed by atoms with E-state index in [1.807, 2.05) is 13.8 Å². The lowest BCUT2D eigenvalue weighted by Gasteiger charge is -2.23. The summed E-state index contributed by atoms with van der Waals surface area (Å²) in [6.07, 6.45) is -0.752. The van der Waals surface area contributed by atoms with Crippen LogP contribution in [0.2, 0.25) is 0 Å². The number of halogens is 1. The van der Waals surface area contributed by atoms with E-state index in [9.17, 15) is 15.3 Å². The van der Waals surface area contributed by atoms with Crippen molar-refractivity contribution in [1.82, 2.24) is 0 Å². The molecule has 0 bridgehead atoms. The van der Waals surface area contributed by atoms with Crippen molar-refractivity contribution in [2.45, 2.75) is 26.0 Å². The Labute approximate surface area is 101 Å². The van der Waals surface area contributed by atoms with Gasteiger partial charge in [0.1, 0.15) is 11.5 Å². The molecule has 16 heavy (non-hydrogen) atoms. The molecule has 0 aromatic heterocycles. The van der Waals surface area contributed by atoms with Crippen LogP contribution < -0.4 is 5.73 Å². The molecule has 0 saturated heterocycles. The number of aliphatic hydroxyl groups excluding tert-OH is 1. The van der Waals surface area contributed by atoms with Gasteiger partial charge in [-0.05, 0) is 24.1 Å². The van der Waals surface area contributed by atoms with Gasteiger partial charge >= 0.3 is 0 Å². The van der Waals surface area contributed by atoms with E-state index in [0.717, 1.165) is 0 Å². The van der Waals surface area contributed by atoms with Crippen molar-refractivity contribution >= 4 is 12.4 Å². The second-order valence-corrected chi connectivity index (χ2v) is 4.00. The Morgan fingerprint density at radius 1 is 1.19 bits per heavy atom. The van der Waals surface area contributed by atoms with Crippen LogP contribution in [0.5, 0.6) is 11.5 Å². The molecular weight excluding hydrogens is 230 g/mol. The summed E-state index contributed by atoms with van der Waals surface area (Å²) < 4.78 is 0. The maximum absolute atomic E-state index is 9.75. The fourth-order valence-electron chi connectivity index (χ4n) is 1.41.